The van der Waals surface area contributed by atoms with Gasteiger partial charge in [-0.05, 0) is 19.1 Å². The lowest BCUT2D eigenvalue weighted by molar-refractivity contribution is -0.113. The number of hydrogen-bond donors (Lipinski definition) is 1. The summed E-state index contributed by atoms with van der Waals surface area (Å²) in [6.45, 7) is 6.93. The van der Waals surface area contributed by atoms with Gasteiger partial charge in [-0.1, -0.05) is 37.7 Å². The molecule has 7 heteroatoms. The van der Waals surface area contributed by atoms with Crippen LogP contribution in [0, 0.1) is 11.3 Å². The molecule has 0 radical (unpaired) electrons. The molecule has 23 heavy (non-hydrogen) atoms. The first-order chi connectivity index (χ1) is 11.1. The van der Waals surface area contributed by atoms with Gasteiger partial charge in [0, 0.05) is 12.5 Å². The summed E-state index contributed by atoms with van der Waals surface area (Å²) < 4.78 is 2.02. The summed E-state index contributed by atoms with van der Waals surface area (Å²) >= 11 is 1.35. The molecule has 2 aromatic rings. The molecule has 0 spiro atoms. The number of carbonyl (C=O) groups excluding carboxylic acids is 1. The fraction of sp³-hybridized carbons (Fsp3) is 0.375. The normalized spacial score (nSPS) is 10.6. The number of para-hydroxylation sites is 1. The zero-order chi connectivity index (χ0) is 16.8. The zero-order valence-corrected chi connectivity index (χ0v) is 14.2. The fourth-order valence-electron chi connectivity index (χ4n) is 2.14. The Morgan fingerprint density at radius 1 is 1.39 bits per heavy atom. The first-order valence-electron chi connectivity index (χ1n) is 7.41. The number of rotatable bonds is 6. The van der Waals surface area contributed by atoms with E-state index in [1.165, 1.54) is 11.8 Å². The summed E-state index contributed by atoms with van der Waals surface area (Å²) in [4.78, 5) is 12.1. The van der Waals surface area contributed by atoms with Gasteiger partial charge in [-0.15, -0.1) is 10.2 Å². The molecule has 1 aromatic heterocycles. The Bertz CT molecular complexity index is 732. The minimum Gasteiger partial charge on any atom is -0.324 e. The largest absolute Gasteiger partial charge is 0.324 e. The van der Waals surface area contributed by atoms with Gasteiger partial charge in [-0.3, -0.25) is 4.79 Å². The first-order valence-corrected chi connectivity index (χ1v) is 8.40. The van der Waals surface area contributed by atoms with Crippen LogP contribution in [0.25, 0.3) is 0 Å². The van der Waals surface area contributed by atoms with Gasteiger partial charge >= 0.3 is 0 Å². The van der Waals surface area contributed by atoms with E-state index in [0.717, 1.165) is 17.5 Å². The van der Waals surface area contributed by atoms with E-state index in [2.05, 4.69) is 35.4 Å². The van der Waals surface area contributed by atoms with Crippen LogP contribution in [0.15, 0.2) is 29.4 Å². The van der Waals surface area contributed by atoms with E-state index in [4.69, 9.17) is 5.26 Å². The van der Waals surface area contributed by atoms with Crippen molar-refractivity contribution in [2.75, 3.05) is 11.1 Å². The summed E-state index contributed by atoms with van der Waals surface area (Å²) in [5.41, 5.74) is 0.977. The highest BCUT2D eigenvalue weighted by Gasteiger charge is 2.15. The highest BCUT2D eigenvalue weighted by atomic mass is 32.2. The van der Waals surface area contributed by atoms with Gasteiger partial charge in [-0.25, -0.2) is 0 Å². The number of anilines is 1. The monoisotopic (exact) mass is 329 g/mol. The Kier molecular flexibility index (Phi) is 5.77. The number of thioether (sulfide) groups is 1. The second kappa shape index (κ2) is 7.79. The average molecular weight is 329 g/mol. The van der Waals surface area contributed by atoms with Crippen LogP contribution in [-0.4, -0.2) is 26.4 Å². The van der Waals surface area contributed by atoms with Crippen molar-refractivity contribution in [1.29, 1.82) is 5.26 Å². The second-order valence-corrected chi connectivity index (χ2v) is 6.18. The molecule has 0 aliphatic carbocycles. The van der Waals surface area contributed by atoms with Crippen molar-refractivity contribution in [2.24, 2.45) is 0 Å². The minimum absolute atomic E-state index is 0.172. The van der Waals surface area contributed by atoms with E-state index in [1.54, 1.807) is 24.3 Å². The maximum Gasteiger partial charge on any atom is 0.234 e. The standard InChI is InChI=1S/C16H19N5OS/c1-4-21-15(11(2)3)19-20-16(21)23-10-14(22)18-13-8-6-5-7-12(13)9-17/h5-8,11H,4,10H2,1-3H3,(H,18,22). The summed E-state index contributed by atoms with van der Waals surface area (Å²) in [5.74, 6) is 1.25. The van der Waals surface area contributed by atoms with Gasteiger partial charge in [-0.2, -0.15) is 5.26 Å². The highest BCUT2D eigenvalue weighted by molar-refractivity contribution is 7.99. The van der Waals surface area contributed by atoms with E-state index < -0.39 is 0 Å². The third-order valence-corrected chi connectivity index (χ3v) is 4.20. The molecule has 0 saturated carbocycles. The lowest BCUT2D eigenvalue weighted by Crippen LogP contribution is -2.15. The maximum absolute atomic E-state index is 12.1. The lowest BCUT2D eigenvalue weighted by atomic mass is 10.2. The molecule has 0 aliphatic heterocycles. The van der Waals surface area contributed by atoms with Crippen molar-refractivity contribution in [3.05, 3.63) is 35.7 Å². The number of hydrogen-bond acceptors (Lipinski definition) is 5. The number of benzene rings is 1. The maximum atomic E-state index is 12.1. The minimum atomic E-state index is -0.172. The van der Waals surface area contributed by atoms with Gasteiger partial charge in [0.15, 0.2) is 5.16 Å². The molecule has 1 heterocycles. The van der Waals surface area contributed by atoms with Crippen molar-refractivity contribution < 1.29 is 4.79 Å². The number of nitrogens with zero attached hydrogens (tertiary/aromatic N) is 4. The number of carbonyl (C=O) groups is 1. The van der Waals surface area contributed by atoms with Crippen molar-refractivity contribution >= 4 is 23.4 Å². The third kappa shape index (κ3) is 4.11. The smallest absolute Gasteiger partial charge is 0.234 e. The Morgan fingerprint density at radius 2 is 2.13 bits per heavy atom. The van der Waals surface area contributed by atoms with Crippen LogP contribution in [0.3, 0.4) is 0 Å². The number of aromatic nitrogens is 3. The number of nitriles is 1. The Labute approximate surface area is 139 Å². The van der Waals surface area contributed by atoms with E-state index in [-0.39, 0.29) is 17.6 Å². The molecule has 1 amide bonds. The Morgan fingerprint density at radius 3 is 2.78 bits per heavy atom. The van der Waals surface area contributed by atoms with E-state index in [1.807, 2.05) is 11.5 Å². The second-order valence-electron chi connectivity index (χ2n) is 5.23. The summed E-state index contributed by atoms with van der Waals surface area (Å²) in [6.07, 6.45) is 0. The van der Waals surface area contributed by atoms with Crippen LogP contribution in [0.2, 0.25) is 0 Å². The molecule has 0 aliphatic rings. The van der Waals surface area contributed by atoms with Crippen LogP contribution in [-0.2, 0) is 11.3 Å². The molecule has 0 bridgehead atoms. The van der Waals surface area contributed by atoms with Crippen LogP contribution in [0.4, 0.5) is 5.69 Å². The van der Waals surface area contributed by atoms with E-state index >= 15 is 0 Å². The summed E-state index contributed by atoms with van der Waals surface area (Å²) in [7, 11) is 0. The molecule has 6 nitrogen and oxygen atoms in total. The predicted molar refractivity (Wildman–Crippen MR) is 90.3 cm³/mol. The highest BCUT2D eigenvalue weighted by Crippen LogP contribution is 2.22. The topological polar surface area (TPSA) is 83.6 Å². The molecular weight excluding hydrogens is 310 g/mol. The predicted octanol–water partition coefficient (Wildman–Crippen LogP) is 3.02. The van der Waals surface area contributed by atoms with Crippen molar-refractivity contribution in [1.82, 2.24) is 14.8 Å². The van der Waals surface area contributed by atoms with Crippen molar-refractivity contribution in [2.45, 2.75) is 38.4 Å². The summed E-state index contributed by atoms with van der Waals surface area (Å²) in [5, 5.41) is 20.9. The van der Waals surface area contributed by atoms with Gasteiger partial charge in [0.25, 0.3) is 0 Å². The third-order valence-electron chi connectivity index (χ3n) is 3.23. The fourth-order valence-corrected chi connectivity index (χ4v) is 2.95. The van der Waals surface area contributed by atoms with Crippen LogP contribution < -0.4 is 5.32 Å². The van der Waals surface area contributed by atoms with Crippen LogP contribution >= 0.6 is 11.8 Å². The zero-order valence-electron chi connectivity index (χ0n) is 13.4. The Hall–Kier alpha value is -2.33. The van der Waals surface area contributed by atoms with Crippen molar-refractivity contribution in [3.63, 3.8) is 0 Å². The van der Waals surface area contributed by atoms with Gasteiger partial charge < -0.3 is 9.88 Å². The molecule has 120 valence electrons. The van der Waals surface area contributed by atoms with E-state index in [0.29, 0.717) is 11.3 Å². The van der Waals surface area contributed by atoms with Gasteiger partial charge in [0.1, 0.15) is 11.9 Å². The lowest BCUT2D eigenvalue weighted by Gasteiger charge is -2.09. The van der Waals surface area contributed by atoms with Crippen LogP contribution in [0.1, 0.15) is 38.1 Å². The molecule has 1 N–H and O–H groups in total. The average Bonchev–Trinajstić information content (AvgIpc) is 2.96. The Balaban J connectivity index is 2.01. The molecule has 0 atom stereocenters. The number of amides is 1. The number of nitrogens with one attached hydrogen (secondary N) is 1. The quantitative estimate of drug-likeness (QED) is 0.824. The van der Waals surface area contributed by atoms with E-state index in [9.17, 15) is 4.79 Å². The summed E-state index contributed by atoms with van der Waals surface area (Å²) in [6, 6.07) is 9.00. The van der Waals surface area contributed by atoms with Crippen molar-refractivity contribution in [3.8, 4) is 6.07 Å². The SMILES string of the molecule is CCn1c(SCC(=O)Nc2ccccc2C#N)nnc1C(C)C. The van der Waals surface area contributed by atoms with Gasteiger partial charge in [0.05, 0.1) is 17.0 Å². The molecular formula is C16H19N5OS. The van der Waals surface area contributed by atoms with Crippen LogP contribution in [0.5, 0.6) is 0 Å². The molecule has 2 rings (SSSR count). The molecule has 1 aromatic carbocycles. The molecule has 0 saturated heterocycles. The van der Waals surface area contributed by atoms with Gasteiger partial charge in [0.2, 0.25) is 5.91 Å². The molecule has 0 fully saturated rings. The first kappa shape index (κ1) is 17.0. The molecule has 0 unspecified atom stereocenters.